The second-order valence-electron chi connectivity index (χ2n) is 4.41. The van der Waals surface area contributed by atoms with Crippen molar-refractivity contribution in [1.82, 2.24) is 0 Å². The lowest BCUT2D eigenvalue weighted by Crippen LogP contribution is -2.27. The summed E-state index contributed by atoms with van der Waals surface area (Å²) in [6.07, 6.45) is 1.44. The molecule has 0 saturated carbocycles. The average molecular weight is 281 g/mol. The first-order valence-electron chi connectivity index (χ1n) is 6.59. The summed E-state index contributed by atoms with van der Waals surface area (Å²) in [5, 5.41) is 0. The van der Waals surface area contributed by atoms with Gasteiger partial charge in [-0.2, -0.15) is 0 Å². The van der Waals surface area contributed by atoms with Crippen molar-refractivity contribution < 1.29 is 9.59 Å². The highest BCUT2D eigenvalue weighted by Crippen LogP contribution is 2.02. The van der Waals surface area contributed by atoms with Gasteiger partial charge in [-0.25, -0.2) is 0 Å². The molecule has 0 saturated heterocycles. The van der Waals surface area contributed by atoms with E-state index >= 15 is 0 Å². The Morgan fingerprint density at radius 3 is 1.71 bits per heavy atom. The first-order chi connectivity index (χ1) is 10.1. The molecule has 2 aromatic rings. The molecule has 0 aliphatic carbocycles. The van der Waals surface area contributed by atoms with Gasteiger partial charge in [-0.15, -0.1) is 6.58 Å². The molecule has 3 nitrogen and oxygen atoms in total. The summed E-state index contributed by atoms with van der Waals surface area (Å²) in [6, 6.07) is 17.6. The third kappa shape index (κ3) is 5.55. The smallest absolute Gasteiger partial charge is 0.183 e. The third-order valence-electron chi connectivity index (χ3n) is 2.80. The number of ketones is 2. The van der Waals surface area contributed by atoms with Crippen LogP contribution >= 0.6 is 0 Å². The lowest BCUT2D eigenvalue weighted by molar-refractivity contribution is 0.0976. The maximum Gasteiger partial charge on any atom is 0.183 e. The van der Waals surface area contributed by atoms with E-state index in [4.69, 9.17) is 5.73 Å². The van der Waals surface area contributed by atoms with Crippen LogP contribution in [0.2, 0.25) is 0 Å². The van der Waals surface area contributed by atoms with Crippen LogP contribution in [0.1, 0.15) is 27.6 Å². The average Bonchev–Trinajstić information content (AvgIpc) is 2.55. The molecule has 0 aliphatic rings. The van der Waals surface area contributed by atoms with Crippen molar-refractivity contribution in [2.24, 2.45) is 5.73 Å². The largest absolute Gasteiger partial charge is 0.318 e. The van der Waals surface area contributed by atoms with Gasteiger partial charge in [0.2, 0.25) is 0 Å². The minimum absolute atomic E-state index is 0.0920. The molecule has 0 heterocycles. The predicted octanol–water partition coefficient (Wildman–Crippen LogP) is 3.27. The number of Topliss-reactive ketones (excluding diaryl/α,β-unsaturated/α-hetero) is 2. The van der Waals surface area contributed by atoms with Gasteiger partial charge in [0.1, 0.15) is 0 Å². The zero-order valence-corrected chi connectivity index (χ0v) is 12.0. The van der Waals surface area contributed by atoms with Gasteiger partial charge in [0.25, 0.3) is 0 Å². The van der Waals surface area contributed by atoms with E-state index in [2.05, 4.69) is 6.58 Å². The molecule has 0 spiro atoms. The van der Waals surface area contributed by atoms with Gasteiger partial charge in [-0.05, 0) is 6.92 Å². The van der Waals surface area contributed by atoms with Gasteiger partial charge >= 0.3 is 0 Å². The van der Waals surface area contributed by atoms with E-state index in [9.17, 15) is 9.59 Å². The number of nitrogens with two attached hydrogens (primary N) is 1. The summed E-state index contributed by atoms with van der Waals surface area (Å²) in [7, 11) is 0. The van der Waals surface area contributed by atoms with E-state index in [0.29, 0.717) is 5.56 Å². The van der Waals surface area contributed by atoms with Crippen molar-refractivity contribution >= 4 is 11.6 Å². The standard InChI is InChI=1S/C10H11NO.C8H8O/c1-2-9(11)10(12)8-6-4-3-5-7-8;1-7(9)8-5-3-2-4-6-8/h2-7,9H,1,11H2;2-6H,1H3. The summed E-state index contributed by atoms with van der Waals surface area (Å²) in [6.45, 7) is 5.03. The minimum Gasteiger partial charge on any atom is -0.318 e. The Labute approximate surface area is 125 Å². The summed E-state index contributed by atoms with van der Waals surface area (Å²) < 4.78 is 0. The van der Waals surface area contributed by atoms with Crippen LogP contribution in [-0.4, -0.2) is 17.6 Å². The molecular formula is C18H19NO2. The number of hydrogen-bond donors (Lipinski definition) is 1. The zero-order chi connectivity index (χ0) is 15.7. The maximum atomic E-state index is 11.4. The Balaban J connectivity index is 0.000000219. The van der Waals surface area contributed by atoms with E-state index < -0.39 is 6.04 Å². The number of hydrogen-bond acceptors (Lipinski definition) is 3. The van der Waals surface area contributed by atoms with Gasteiger partial charge in [0.15, 0.2) is 11.6 Å². The highest BCUT2D eigenvalue weighted by Gasteiger charge is 2.10. The first kappa shape index (κ1) is 16.5. The topological polar surface area (TPSA) is 60.2 Å². The van der Waals surface area contributed by atoms with Crippen LogP contribution in [0.15, 0.2) is 73.3 Å². The molecule has 0 aromatic heterocycles. The molecule has 1 atom stereocenters. The highest BCUT2D eigenvalue weighted by atomic mass is 16.1. The fourth-order valence-corrected chi connectivity index (χ4v) is 1.57. The Kier molecular flexibility index (Phi) is 6.78. The Morgan fingerprint density at radius 2 is 1.38 bits per heavy atom. The van der Waals surface area contributed by atoms with Crippen LogP contribution < -0.4 is 5.73 Å². The summed E-state index contributed by atoms with van der Waals surface area (Å²) in [5.41, 5.74) is 6.89. The molecule has 21 heavy (non-hydrogen) atoms. The van der Waals surface area contributed by atoms with Crippen molar-refractivity contribution in [2.75, 3.05) is 0 Å². The van der Waals surface area contributed by atoms with E-state index in [1.54, 1.807) is 19.1 Å². The molecule has 1 unspecified atom stereocenters. The molecule has 2 aromatic carbocycles. The van der Waals surface area contributed by atoms with Gasteiger partial charge in [0.05, 0.1) is 6.04 Å². The van der Waals surface area contributed by atoms with Crippen LogP contribution in [0.25, 0.3) is 0 Å². The van der Waals surface area contributed by atoms with E-state index in [-0.39, 0.29) is 11.6 Å². The lowest BCUT2D eigenvalue weighted by atomic mass is 10.1. The third-order valence-corrected chi connectivity index (χ3v) is 2.80. The lowest BCUT2D eigenvalue weighted by Gasteiger charge is -2.03. The van der Waals surface area contributed by atoms with E-state index in [1.165, 1.54) is 6.08 Å². The molecular weight excluding hydrogens is 262 g/mol. The highest BCUT2D eigenvalue weighted by molar-refractivity contribution is 6.01. The fraction of sp³-hybridized carbons (Fsp3) is 0.111. The van der Waals surface area contributed by atoms with E-state index in [1.807, 2.05) is 48.5 Å². The Bertz CT molecular complexity index is 591. The van der Waals surface area contributed by atoms with E-state index in [0.717, 1.165) is 5.56 Å². The van der Waals surface area contributed by atoms with Gasteiger partial charge < -0.3 is 5.73 Å². The Hall–Kier alpha value is -2.52. The molecule has 2 rings (SSSR count). The summed E-state index contributed by atoms with van der Waals surface area (Å²) in [5.74, 6) is 0.0289. The number of carbonyl (C=O) groups is 2. The first-order valence-corrected chi connectivity index (χ1v) is 6.59. The van der Waals surface area contributed by atoms with Crippen LogP contribution in [0.3, 0.4) is 0 Å². The fourth-order valence-electron chi connectivity index (χ4n) is 1.57. The normalized spacial score (nSPS) is 10.8. The summed E-state index contributed by atoms with van der Waals surface area (Å²) in [4.78, 5) is 22.0. The molecule has 108 valence electrons. The van der Waals surface area contributed by atoms with Gasteiger partial charge in [-0.3, -0.25) is 9.59 Å². The number of benzene rings is 2. The molecule has 0 amide bonds. The maximum absolute atomic E-state index is 11.4. The second kappa shape index (κ2) is 8.61. The molecule has 2 N–H and O–H groups in total. The van der Waals surface area contributed by atoms with Crippen LogP contribution in [0.5, 0.6) is 0 Å². The van der Waals surface area contributed by atoms with Crippen molar-refractivity contribution in [1.29, 1.82) is 0 Å². The zero-order valence-electron chi connectivity index (χ0n) is 12.0. The van der Waals surface area contributed by atoms with Crippen molar-refractivity contribution in [3.63, 3.8) is 0 Å². The molecule has 0 fully saturated rings. The number of rotatable bonds is 4. The van der Waals surface area contributed by atoms with Crippen LogP contribution in [0, 0.1) is 0 Å². The van der Waals surface area contributed by atoms with Crippen LogP contribution in [-0.2, 0) is 0 Å². The predicted molar refractivity (Wildman–Crippen MR) is 85.4 cm³/mol. The van der Waals surface area contributed by atoms with Crippen LogP contribution in [0.4, 0.5) is 0 Å². The number of carbonyl (C=O) groups excluding carboxylic acids is 2. The molecule has 0 bridgehead atoms. The molecule has 0 radical (unpaired) electrons. The van der Waals surface area contributed by atoms with Gasteiger partial charge in [-0.1, -0.05) is 66.7 Å². The molecule has 3 heteroatoms. The second-order valence-corrected chi connectivity index (χ2v) is 4.41. The van der Waals surface area contributed by atoms with Crippen molar-refractivity contribution in [3.8, 4) is 0 Å². The molecule has 0 aliphatic heterocycles. The monoisotopic (exact) mass is 281 g/mol. The van der Waals surface area contributed by atoms with Crippen molar-refractivity contribution in [3.05, 3.63) is 84.4 Å². The Morgan fingerprint density at radius 1 is 0.952 bits per heavy atom. The van der Waals surface area contributed by atoms with Gasteiger partial charge in [0, 0.05) is 11.1 Å². The summed E-state index contributed by atoms with van der Waals surface area (Å²) >= 11 is 0. The SMILES string of the molecule is C=CC(N)C(=O)c1ccccc1.CC(=O)c1ccccc1. The minimum atomic E-state index is -0.590. The van der Waals surface area contributed by atoms with Crippen molar-refractivity contribution in [2.45, 2.75) is 13.0 Å². The quantitative estimate of drug-likeness (QED) is 0.691.